The van der Waals surface area contributed by atoms with E-state index in [-0.39, 0.29) is 0 Å². The van der Waals surface area contributed by atoms with Crippen molar-refractivity contribution in [1.29, 1.82) is 0 Å². The van der Waals surface area contributed by atoms with Gasteiger partial charge in [0.25, 0.3) is 0 Å². The Kier molecular flexibility index (Phi) is 4.60. The molecule has 3 N–H and O–H groups in total. The van der Waals surface area contributed by atoms with E-state index in [0.29, 0.717) is 32.7 Å². The lowest BCUT2D eigenvalue weighted by atomic mass is 10.1. The number of halogens is 2. The summed E-state index contributed by atoms with van der Waals surface area (Å²) in [6, 6.07) is 8.70. The van der Waals surface area contributed by atoms with E-state index in [1.807, 2.05) is 13.0 Å². The zero-order chi connectivity index (χ0) is 15.6. The van der Waals surface area contributed by atoms with Gasteiger partial charge < -0.3 is 15.8 Å². The molecule has 6 heteroatoms. The molecule has 0 unspecified atom stereocenters. The number of hydrogen-bond acceptors (Lipinski definition) is 4. The Bertz CT molecular complexity index is 702. The van der Waals surface area contributed by atoms with Crippen molar-refractivity contribution in [2.75, 3.05) is 18.2 Å². The number of benzene rings is 2. The van der Waals surface area contributed by atoms with Gasteiger partial charge in [0.2, 0.25) is 0 Å². The van der Waals surface area contributed by atoms with Crippen LogP contribution in [0.2, 0.25) is 10.0 Å². The number of nitrogen functional groups attached to an aromatic ring is 1. The SMILES string of the molecule is COC(=O)c1cc(Nc2cccc(Cl)c2Cl)cc(C)c1N. The zero-order valence-electron chi connectivity index (χ0n) is 11.5. The molecule has 0 radical (unpaired) electrons. The minimum absolute atomic E-state index is 0.304. The van der Waals surface area contributed by atoms with Crippen molar-refractivity contribution in [3.63, 3.8) is 0 Å². The molecule has 0 heterocycles. The van der Waals surface area contributed by atoms with Crippen LogP contribution in [0.5, 0.6) is 0 Å². The second-order valence-electron chi connectivity index (χ2n) is 4.47. The summed E-state index contributed by atoms with van der Waals surface area (Å²) in [4.78, 5) is 11.7. The predicted octanol–water partition coefficient (Wildman–Crippen LogP) is 4.41. The van der Waals surface area contributed by atoms with Crippen molar-refractivity contribution in [2.45, 2.75) is 6.92 Å². The lowest BCUT2D eigenvalue weighted by Gasteiger charge is -2.13. The van der Waals surface area contributed by atoms with Crippen LogP contribution >= 0.6 is 23.2 Å². The summed E-state index contributed by atoms with van der Waals surface area (Å²) in [6.07, 6.45) is 0. The molecule has 0 bridgehead atoms. The van der Waals surface area contributed by atoms with Crippen molar-refractivity contribution < 1.29 is 9.53 Å². The maximum atomic E-state index is 11.7. The number of esters is 1. The van der Waals surface area contributed by atoms with Gasteiger partial charge in [-0.3, -0.25) is 0 Å². The van der Waals surface area contributed by atoms with Crippen molar-refractivity contribution in [1.82, 2.24) is 0 Å². The van der Waals surface area contributed by atoms with Gasteiger partial charge in [0.1, 0.15) is 0 Å². The Morgan fingerprint density at radius 3 is 2.67 bits per heavy atom. The zero-order valence-corrected chi connectivity index (χ0v) is 13.0. The molecular formula is C15H14Cl2N2O2. The second kappa shape index (κ2) is 6.24. The van der Waals surface area contributed by atoms with Crippen LogP contribution in [0.4, 0.5) is 17.1 Å². The molecule has 4 nitrogen and oxygen atoms in total. The lowest BCUT2D eigenvalue weighted by molar-refractivity contribution is 0.0602. The monoisotopic (exact) mass is 324 g/mol. The summed E-state index contributed by atoms with van der Waals surface area (Å²) in [5.41, 5.74) is 8.67. The third-order valence-electron chi connectivity index (χ3n) is 3.02. The molecular weight excluding hydrogens is 311 g/mol. The Balaban J connectivity index is 2.43. The van der Waals surface area contributed by atoms with Gasteiger partial charge in [-0.1, -0.05) is 29.3 Å². The maximum absolute atomic E-state index is 11.7. The molecule has 110 valence electrons. The Labute approximate surface area is 132 Å². The fourth-order valence-electron chi connectivity index (χ4n) is 1.91. The van der Waals surface area contributed by atoms with E-state index in [9.17, 15) is 4.79 Å². The average Bonchev–Trinajstić information content (AvgIpc) is 2.46. The first-order valence-corrected chi connectivity index (χ1v) is 6.89. The van der Waals surface area contributed by atoms with Gasteiger partial charge in [0.05, 0.1) is 28.4 Å². The highest BCUT2D eigenvalue weighted by Crippen LogP contribution is 2.33. The van der Waals surface area contributed by atoms with Gasteiger partial charge in [-0.25, -0.2) is 4.79 Å². The summed E-state index contributed by atoms with van der Waals surface area (Å²) in [7, 11) is 1.31. The largest absolute Gasteiger partial charge is 0.465 e. The standard InChI is InChI=1S/C15H14Cl2N2O2/c1-8-6-9(7-10(14(8)18)15(20)21-2)19-12-5-3-4-11(16)13(12)17/h3-7,19H,18H2,1-2H3. The molecule has 0 saturated heterocycles. The van der Waals surface area contributed by atoms with Gasteiger partial charge in [0.15, 0.2) is 0 Å². The van der Waals surface area contributed by atoms with Gasteiger partial charge in [-0.05, 0) is 36.8 Å². The van der Waals surface area contributed by atoms with Crippen LogP contribution in [0.25, 0.3) is 0 Å². The molecule has 2 aromatic carbocycles. The molecule has 0 saturated carbocycles. The average molecular weight is 325 g/mol. The van der Waals surface area contributed by atoms with Crippen LogP contribution < -0.4 is 11.1 Å². The minimum atomic E-state index is -0.489. The molecule has 0 aliphatic carbocycles. The number of nitrogens with one attached hydrogen (secondary N) is 1. The Morgan fingerprint density at radius 2 is 2.00 bits per heavy atom. The van der Waals surface area contributed by atoms with E-state index in [1.54, 1.807) is 24.3 Å². The molecule has 0 aliphatic rings. The first-order valence-electron chi connectivity index (χ1n) is 6.13. The highest BCUT2D eigenvalue weighted by Gasteiger charge is 2.14. The fourth-order valence-corrected chi connectivity index (χ4v) is 2.25. The number of carbonyl (C=O) groups excluding carboxylic acids is 1. The van der Waals surface area contributed by atoms with Crippen molar-refractivity contribution in [3.05, 3.63) is 51.5 Å². The first kappa shape index (κ1) is 15.5. The highest BCUT2D eigenvalue weighted by molar-refractivity contribution is 6.43. The van der Waals surface area contributed by atoms with Crippen LogP contribution in [-0.4, -0.2) is 13.1 Å². The van der Waals surface area contributed by atoms with E-state index >= 15 is 0 Å². The van der Waals surface area contributed by atoms with Crippen molar-refractivity contribution >= 4 is 46.2 Å². The molecule has 0 atom stereocenters. The van der Waals surface area contributed by atoms with Crippen molar-refractivity contribution in [3.8, 4) is 0 Å². The third-order valence-corrected chi connectivity index (χ3v) is 3.84. The molecule has 2 rings (SSSR count). The highest BCUT2D eigenvalue weighted by atomic mass is 35.5. The molecule has 2 aromatic rings. The van der Waals surface area contributed by atoms with Crippen molar-refractivity contribution in [2.24, 2.45) is 0 Å². The van der Waals surface area contributed by atoms with Crippen LogP contribution in [0.1, 0.15) is 15.9 Å². The molecule has 0 aliphatic heterocycles. The summed E-state index contributed by atoms with van der Waals surface area (Å²) in [5, 5.41) is 3.98. The van der Waals surface area contributed by atoms with Crippen LogP contribution in [-0.2, 0) is 4.74 Å². The second-order valence-corrected chi connectivity index (χ2v) is 5.26. The smallest absolute Gasteiger partial charge is 0.340 e. The number of carbonyl (C=O) groups is 1. The molecule has 0 spiro atoms. The number of nitrogens with two attached hydrogens (primary N) is 1. The number of methoxy groups -OCH3 is 1. The topological polar surface area (TPSA) is 64.3 Å². The molecule has 0 fully saturated rings. The minimum Gasteiger partial charge on any atom is -0.465 e. The van der Waals surface area contributed by atoms with E-state index in [4.69, 9.17) is 33.7 Å². The Hall–Kier alpha value is -1.91. The summed E-state index contributed by atoms with van der Waals surface area (Å²) in [5.74, 6) is -0.489. The van der Waals surface area contributed by atoms with Gasteiger partial charge >= 0.3 is 5.97 Å². The van der Waals surface area contributed by atoms with E-state index in [1.165, 1.54) is 7.11 Å². The lowest BCUT2D eigenvalue weighted by Crippen LogP contribution is -2.08. The van der Waals surface area contributed by atoms with E-state index in [0.717, 1.165) is 5.56 Å². The normalized spacial score (nSPS) is 10.3. The number of rotatable bonds is 3. The summed E-state index contributed by atoms with van der Waals surface area (Å²) < 4.78 is 4.73. The summed E-state index contributed by atoms with van der Waals surface area (Å²) in [6.45, 7) is 1.81. The van der Waals surface area contributed by atoms with E-state index < -0.39 is 5.97 Å². The quantitative estimate of drug-likeness (QED) is 0.648. The van der Waals surface area contributed by atoms with E-state index in [2.05, 4.69) is 5.32 Å². The third kappa shape index (κ3) is 3.23. The van der Waals surface area contributed by atoms with Gasteiger partial charge in [-0.15, -0.1) is 0 Å². The van der Waals surface area contributed by atoms with Gasteiger partial charge in [0, 0.05) is 11.4 Å². The first-order chi connectivity index (χ1) is 9.93. The fraction of sp³-hybridized carbons (Fsp3) is 0.133. The molecule has 21 heavy (non-hydrogen) atoms. The number of ether oxygens (including phenoxy) is 1. The predicted molar refractivity (Wildman–Crippen MR) is 86.7 cm³/mol. The summed E-state index contributed by atoms with van der Waals surface area (Å²) >= 11 is 12.1. The number of hydrogen-bond donors (Lipinski definition) is 2. The van der Waals surface area contributed by atoms with Crippen LogP contribution in [0.3, 0.4) is 0 Å². The molecule has 0 amide bonds. The molecule has 0 aromatic heterocycles. The van der Waals surface area contributed by atoms with Crippen LogP contribution in [0, 0.1) is 6.92 Å². The number of aryl methyl sites for hydroxylation is 1. The van der Waals surface area contributed by atoms with Crippen LogP contribution in [0.15, 0.2) is 30.3 Å². The Morgan fingerprint density at radius 1 is 1.29 bits per heavy atom. The number of anilines is 3. The van der Waals surface area contributed by atoms with Gasteiger partial charge in [-0.2, -0.15) is 0 Å². The maximum Gasteiger partial charge on any atom is 0.340 e.